The summed E-state index contributed by atoms with van der Waals surface area (Å²) < 4.78 is 0. The van der Waals surface area contributed by atoms with Crippen LogP contribution in [0.1, 0.15) is 13.3 Å². The normalized spacial score (nSPS) is 15.1. The molecule has 148 valence electrons. The second-order valence-corrected chi connectivity index (χ2v) is 5.99. The zero-order valence-electron chi connectivity index (χ0n) is 13.8. The van der Waals surface area contributed by atoms with Gasteiger partial charge in [-0.25, -0.2) is 4.79 Å². The Hall–Kier alpha value is -1.99. The van der Waals surface area contributed by atoms with Crippen molar-refractivity contribution in [3.8, 4) is 0 Å². The maximum absolute atomic E-state index is 12.1. The standard InChI is InChI=1S/C13H22N4O7S2/c1-5(15-11(21)6(14)3-25)10(20)16-7(2-9(18)19)12(22)17-8(4-26)13(23)24/h5-8,25-26H,2-4,14H2,1H3,(H,15,21)(H,16,20)(H,17,22)(H,18,19)(H,23,24). The molecule has 0 bridgehead atoms. The molecular formula is C13H22N4O7S2. The lowest BCUT2D eigenvalue weighted by Crippen LogP contribution is -2.57. The molecule has 0 fully saturated rings. The van der Waals surface area contributed by atoms with Crippen molar-refractivity contribution in [3.05, 3.63) is 0 Å². The number of nitrogens with one attached hydrogen (secondary N) is 3. The number of nitrogens with two attached hydrogens (primary N) is 1. The molecule has 11 nitrogen and oxygen atoms in total. The molecule has 0 aromatic carbocycles. The van der Waals surface area contributed by atoms with Crippen molar-refractivity contribution in [3.63, 3.8) is 0 Å². The molecule has 4 atom stereocenters. The van der Waals surface area contributed by atoms with Gasteiger partial charge in [-0.3, -0.25) is 19.2 Å². The number of carboxylic acid groups (broad SMARTS) is 2. The van der Waals surface area contributed by atoms with Crippen LogP contribution >= 0.6 is 25.3 Å². The van der Waals surface area contributed by atoms with Gasteiger partial charge in [0.1, 0.15) is 18.1 Å². The van der Waals surface area contributed by atoms with E-state index in [0.29, 0.717) is 0 Å². The van der Waals surface area contributed by atoms with Crippen LogP contribution in [0.15, 0.2) is 0 Å². The number of amides is 3. The third-order valence-corrected chi connectivity index (χ3v) is 3.85. The Morgan fingerprint density at radius 1 is 0.885 bits per heavy atom. The summed E-state index contributed by atoms with van der Waals surface area (Å²) in [6.07, 6.45) is -0.784. The minimum Gasteiger partial charge on any atom is -0.481 e. The summed E-state index contributed by atoms with van der Waals surface area (Å²) in [5.74, 6) is -5.44. The van der Waals surface area contributed by atoms with Gasteiger partial charge in [0.15, 0.2) is 0 Å². The molecule has 0 aliphatic carbocycles. The van der Waals surface area contributed by atoms with Crippen LogP contribution in [0.25, 0.3) is 0 Å². The SMILES string of the molecule is CC(NC(=O)C(N)CS)C(=O)NC(CC(=O)O)C(=O)NC(CS)C(=O)O. The molecule has 0 aliphatic heterocycles. The fraction of sp³-hybridized carbons (Fsp3) is 0.615. The number of carbonyl (C=O) groups is 5. The number of thiol groups is 2. The Balaban J connectivity index is 5.00. The van der Waals surface area contributed by atoms with Gasteiger partial charge in [-0.1, -0.05) is 0 Å². The number of carbonyl (C=O) groups excluding carboxylic acids is 3. The van der Waals surface area contributed by atoms with Crippen LogP contribution < -0.4 is 21.7 Å². The number of aliphatic carboxylic acids is 2. The monoisotopic (exact) mass is 410 g/mol. The molecule has 0 aromatic rings. The van der Waals surface area contributed by atoms with Gasteiger partial charge in [-0.2, -0.15) is 25.3 Å². The summed E-state index contributed by atoms with van der Waals surface area (Å²) in [4.78, 5) is 57.6. The lowest BCUT2D eigenvalue weighted by Gasteiger charge is -2.22. The van der Waals surface area contributed by atoms with E-state index in [4.69, 9.17) is 15.9 Å². The molecular weight excluding hydrogens is 388 g/mol. The largest absolute Gasteiger partial charge is 0.481 e. The molecule has 0 heterocycles. The van der Waals surface area contributed by atoms with Crippen molar-refractivity contribution < 1.29 is 34.2 Å². The highest BCUT2D eigenvalue weighted by Gasteiger charge is 2.29. The average Bonchev–Trinajstić information content (AvgIpc) is 2.56. The first-order chi connectivity index (χ1) is 12.0. The van der Waals surface area contributed by atoms with Crippen molar-refractivity contribution in [2.75, 3.05) is 11.5 Å². The quantitative estimate of drug-likeness (QED) is 0.168. The molecule has 0 saturated heterocycles. The highest BCUT2D eigenvalue weighted by molar-refractivity contribution is 7.80. The van der Waals surface area contributed by atoms with E-state index < -0.39 is 60.2 Å². The summed E-state index contributed by atoms with van der Waals surface area (Å²) in [5.41, 5.74) is 5.45. The van der Waals surface area contributed by atoms with Gasteiger partial charge in [-0.05, 0) is 6.92 Å². The van der Waals surface area contributed by atoms with E-state index in [1.807, 2.05) is 0 Å². The van der Waals surface area contributed by atoms with Gasteiger partial charge in [0.25, 0.3) is 0 Å². The Morgan fingerprint density at radius 3 is 1.85 bits per heavy atom. The molecule has 0 radical (unpaired) electrons. The van der Waals surface area contributed by atoms with Gasteiger partial charge >= 0.3 is 11.9 Å². The summed E-state index contributed by atoms with van der Waals surface area (Å²) in [7, 11) is 0. The first-order valence-corrected chi connectivity index (χ1v) is 8.62. The van der Waals surface area contributed by atoms with Gasteiger partial charge in [0.2, 0.25) is 17.7 Å². The average molecular weight is 410 g/mol. The van der Waals surface area contributed by atoms with Crippen LogP contribution in [0, 0.1) is 0 Å². The number of hydrogen-bond acceptors (Lipinski definition) is 8. The molecule has 0 rings (SSSR count). The highest BCUT2D eigenvalue weighted by atomic mass is 32.1. The first kappa shape index (κ1) is 24.0. The van der Waals surface area contributed by atoms with Crippen molar-refractivity contribution in [1.82, 2.24) is 16.0 Å². The molecule has 0 spiro atoms. The maximum Gasteiger partial charge on any atom is 0.327 e. The van der Waals surface area contributed by atoms with E-state index in [1.165, 1.54) is 6.92 Å². The number of hydrogen-bond donors (Lipinski definition) is 8. The second kappa shape index (κ2) is 11.6. The van der Waals surface area contributed by atoms with Crippen molar-refractivity contribution in [2.24, 2.45) is 5.73 Å². The molecule has 7 N–H and O–H groups in total. The fourth-order valence-corrected chi connectivity index (χ4v) is 2.02. The van der Waals surface area contributed by atoms with Crippen molar-refractivity contribution >= 4 is 54.9 Å². The Morgan fingerprint density at radius 2 is 1.42 bits per heavy atom. The maximum atomic E-state index is 12.1. The zero-order chi connectivity index (χ0) is 20.4. The summed E-state index contributed by atoms with van der Waals surface area (Å²) >= 11 is 7.62. The van der Waals surface area contributed by atoms with E-state index in [2.05, 4.69) is 41.2 Å². The molecule has 0 aromatic heterocycles. The second-order valence-electron chi connectivity index (χ2n) is 5.26. The van der Waals surface area contributed by atoms with Crippen LogP contribution in [0.3, 0.4) is 0 Å². The van der Waals surface area contributed by atoms with E-state index in [0.717, 1.165) is 0 Å². The fourth-order valence-electron chi connectivity index (χ4n) is 1.61. The smallest absolute Gasteiger partial charge is 0.327 e. The molecule has 13 heteroatoms. The Bertz CT molecular complexity index is 561. The molecule has 4 unspecified atom stereocenters. The van der Waals surface area contributed by atoms with E-state index in [9.17, 15) is 24.0 Å². The first-order valence-electron chi connectivity index (χ1n) is 7.36. The topological polar surface area (TPSA) is 188 Å². The number of rotatable bonds is 11. The predicted molar refractivity (Wildman–Crippen MR) is 97.0 cm³/mol. The minimum atomic E-state index is -1.54. The summed E-state index contributed by atoms with van der Waals surface area (Å²) in [6.45, 7) is 1.31. The van der Waals surface area contributed by atoms with Crippen molar-refractivity contribution in [2.45, 2.75) is 37.5 Å². The van der Waals surface area contributed by atoms with Gasteiger partial charge in [0, 0.05) is 11.5 Å². The van der Waals surface area contributed by atoms with Crippen LogP contribution in [-0.4, -0.2) is 75.5 Å². The number of carboxylic acids is 2. The Kier molecular flexibility index (Phi) is 10.7. The van der Waals surface area contributed by atoms with Crippen LogP contribution in [-0.2, 0) is 24.0 Å². The molecule has 26 heavy (non-hydrogen) atoms. The van der Waals surface area contributed by atoms with Crippen LogP contribution in [0.4, 0.5) is 0 Å². The van der Waals surface area contributed by atoms with E-state index in [-0.39, 0.29) is 11.5 Å². The lowest BCUT2D eigenvalue weighted by molar-refractivity contribution is -0.143. The van der Waals surface area contributed by atoms with E-state index >= 15 is 0 Å². The molecule has 0 aliphatic rings. The lowest BCUT2D eigenvalue weighted by atomic mass is 10.1. The van der Waals surface area contributed by atoms with Crippen LogP contribution in [0.2, 0.25) is 0 Å². The van der Waals surface area contributed by atoms with Crippen LogP contribution in [0.5, 0.6) is 0 Å². The molecule has 3 amide bonds. The van der Waals surface area contributed by atoms with E-state index in [1.54, 1.807) is 0 Å². The summed E-state index contributed by atoms with van der Waals surface area (Å²) in [5, 5.41) is 24.3. The van der Waals surface area contributed by atoms with Gasteiger partial charge in [-0.15, -0.1) is 0 Å². The Labute approximate surface area is 160 Å². The minimum absolute atomic E-state index is 0.0462. The molecule has 0 saturated carbocycles. The summed E-state index contributed by atoms with van der Waals surface area (Å²) in [6, 6.07) is -4.96. The highest BCUT2D eigenvalue weighted by Crippen LogP contribution is 1.98. The third-order valence-electron chi connectivity index (χ3n) is 3.09. The predicted octanol–water partition coefficient (Wildman–Crippen LogP) is -2.79. The third kappa shape index (κ3) is 8.40. The zero-order valence-corrected chi connectivity index (χ0v) is 15.6. The van der Waals surface area contributed by atoms with Gasteiger partial charge in [0.05, 0.1) is 12.5 Å². The van der Waals surface area contributed by atoms with Gasteiger partial charge < -0.3 is 31.9 Å². The van der Waals surface area contributed by atoms with Crippen molar-refractivity contribution in [1.29, 1.82) is 0 Å².